The standard InChI is InChI=1S/C22H17ClN4O2/c1-14(21(28)25-19-8-4-6-15-5-2-3-7-18(15)19)27-22(29)26-20(13-24-27)16-9-11-17(23)12-10-16/h2-14H,1H3,(H,25,28). The van der Waals surface area contributed by atoms with E-state index in [9.17, 15) is 9.59 Å². The molecule has 29 heavy (non-hydrogen) atoms. The minimum atomic E-state index is -0.826. The van der Waals surface area contributed by atoms with Crippen molar-refractivity contribution in [1.82, 2.24) is 14.8 Å². The number of nitrogens with zero attached hydrogens (tertiary/aromatic N) is 3. The summed E-state index contributed by atoms with van der Waals surface area (Å²) in [5.74, 6) is -0.350. The third-order valence-electron chi connectivity index (χ3n) is 4.65. The Hall–Kier alpha value is -3.51. The summed E-state index contributed by atoms with van der Waals surface area (Å²) in [4.78, 5) is 29.3. The van der Waals surface area contributed by atoms with E-state index >= 15 is 0 Å². The lowest BCUT2D eigenvalue weighted by Crippen LogP contribution is -2.34. The average molecular weight is 405 g/mol. The van der Waals surface area contributed by atoms with Crippen LogP contribution in [-0.4, -0.2) is 20.7 Å². The number of benzene rings is 3. The van der Waals surface area contributed by atoms with Gasteiger partial charge in [0.15, 0.2) is 0 Å². The molecule has 1 unspecified atom stereocenters. The van der Waals surface area contributed by atoms with E-state index < -0.39 is 11.7 Å². The Bertz CT molecular complexity index is 1250. The smallest absolute Gasteiger partial charge is 0.324 e. The van der Waals surface area contributed by atoms with E-state index in [0.29, 0.717) is 16.4 Å². The van der Waals surface area contributed by atoms with Crippen LogP contribution in [0.5, 0.6) is 0 Å². The molecule has 7 heteroatoms. The number of nitrogens with one attached hydrogen (secondary N) is 1. The lowest BCUT2D eigenvalue weighted by molar-refractivity contribution is -0.119. The summed E-state index contributed by atoms with van der Waals surface area (Å²) < 4.78 is 1.07. The summed E-state index contributed by atoms with van der Waals surface area (Å²) in [6.45, 7) is 1.61. The number of aromatic nitrogens is 3. The van der Waals surface area contributed by atoms with Crippen LogP contribution in [0.3, 0.4) is 0 Å². The number of rotatable bonds is 4. The van der Waals surface area contributed by atoms with E-state index in [0.717, 1.165) is 21.0 Å². The van der Waals surface area contributed by atoms with Gasteiger partial charge in [-0.05, 0) is 30.5 Å². The van der Waals surface area contributed by atoms with E-state index in [1.807, 2.05) is 42.5 Å². The molecular formula is C22H17ClN4O2. The van der Waals surface area contributed by atoms with Crippen LogP contribution < -0.4 is 11.0 Å². The van der Waals surface area contributed by atoms with Crippen molar-refractivity contribution in [3.8, 4) is 11.3 Å². The number of hydrogen-bond donors (Lipinski definition) is 1. The summed E-state index contributed by atoms with van der Waals surface area (Å²) in [5, 5.41) is 9.56. The first kappa shape index (κ1) is 18.8. The van der Waals surface area contributed by atoms with E-state index in [1.165, 1.54) is 6.20 Å². The highest BCUT2D eigenvalue weighted by Gasteiger charge is 2.19. The van der Waals surface area contributed by atoms with Crippen LogP contribution in [0.25, 0.3) is 22.0 Å². The second-order valence-corrected chi connectivity index (χ2v) is 7.00. The topological polar surface area (TPSA) is 76.9 Å². The molecule has 6 nitrogen and oxygen atoms in total. The largest absolute Gasteiger partial charge is 0.365 e. The molecule has 4 rings (SSSR count). The van der Waals surface area contributed by atoms with Crippen LogP contribution in [-0.2, 0) is 4.79 Å². The van der Waals surface area contributed by atoms with Gasteiger partial charge in [-0.1, -0.05) is 60.1 Å². The fourth-order valence-electron chi connectivity index (χ4n) is 3.06. The molecule has 144 valence electrons. The molecule has 0 saturated carbocycles. The van der Waals surface area contributed by atoms with Crippen molar-refractivity contribution in [3.63, 3.8) is 0 Å². The van der Waals surface area contributed by atoms with Gasteiger partial charge in [0.2, 0.25) is 5.91 Å². The zero-order valence-electron chi connectivity index (χ0n) is 15.5. The van der Waals surface area contributed by atoms with Crippen molar-refractivity contribution >= 4 is 34.0 Å². The lowest BCUT2D eigenvalue weighted by atomic mass is 10.1. The highest BCUT2D eigenvalue weighted by Crippen LogP contribution is 2.24. The fraction of sp³-hybridized carbons (Fsp3) is 0.0909. The number of anilines is 1. The molecule has 1 atom stereocenters. The SMILES string of the molecule is CC(C(=O)Nc1cccc2ccccc12)n1ncc(-c2ccc(Cl)cc2)nc1=O. The van der Waals surface area contributed by atoms with Gasteiger partial charge in [-0.2, -0.15) is 10.1 Å². The maximum Gasteiger partial charge on any atom is 0.365 e. The van der Waals surface area contributed by atoms with Crippen LogP contribution in [0, 0.1) is 0 Å². The molecule has 0 fully saturated rings. The van der Waals surface area contributed by atoms with Crippen LogP contribution in [0.1, 0.15) is 13.0 Å². The third kappa shape index (κ3) is 3.88. The molecule has 0 bridgehead atoms. The zero-order valence-corrected chi connectivity index (χ0v) is 16.3. The number of amides is 1. The average Bonchev–Trinajstić information content (AvgIpc) is 2.74. The van der Waals surface area contributed by atoms with Crippen LogP contribution in [0.4, 0.5) is 5.69 Å². The minimum absolute atomic E-state index is 0.350. The molecule has 1 heterocycles. The Kier molecular flexibility index (Phi) is 5.10. The van der Waals surface area contributed by atoms with E-state index in [4.69, 9.17) is 11.6 Å². The van der Waals surface area contributed by atoms with Gasteiger partial charge in [0.05, 0.1) is 11.9 Å². The quantitative estimate of drug-likeness (QED) is 0.549. The van der Waals surface area contributed by atoms with Crippen molar-refractivity contribution in [3.05, 3.63) is 88.4 Å². The van der Waals surface area contributed by atoms with Crippen molar-refractivity contribution in [2.45, 2.75) is 13.0 Å². The van der Waals surface area contributed by atoms with Gasteiger partial charge in [0, 0.05) is 21.7 Å². The maximum absolute atomic E-state index is 12.7. The molecule has 0 radical (unpaired) electrons. The van der Waals surface area contributed by atoms with E-state index in [-0.39, 0.29) is 5.91 Å². The highest BCUT2D eigenvalue weighted by molar-refractivity contribution is 6.30. The summed E-state index contributed by atoms with van der Waals surface area (Å²) in [6, 6.07) is 19.5. The Balaban J connectivity index is 1.59. The summed E-state index contributed by atoms with van der Waals surface area (Å²) in [7, 11) is 0. The molecule has 3 aromatic carbocycles. The number of halogens is 1. The molecule has 4 aromatic rings. The molecule has 0 aliphatic carbocycles. The Morgan fingerprint density at radius 1 is 1.03 bits per heavy atom. The van der Waals surface area contributed by atoms with Gasteiger partial charge in [0.25, 0.3) is 0 Å². The predicted octanol–water partition coefficient (Wildman–Crippen LogP) is 4.31. The number of hydrogen-bond acceptors (Lipinski definition) is 4. The van der Waals surface area contributed by atoms with Crippen molar-refractivity contribution in [1.29, 1.82) is 0 Å². The first-order chi connectivity index (χ1) is 14.0. The molecule has 0 spiro atoms. The zero-order chi connectivity index (χ0) is 20.4. The van der Waals surface area contributed by atoms with Gasteiger partial charge in [-0.15, -0.1) is 0 Å². The van der Waals surface area contributed by atoms with Gasteiger partial charge in [-0.3, -0.25) is 4.79 Å². The molecule has 1 aromatic heterocycles. The van der Waals surface area contributed by atoms with Gasteiger partial charge < -0.3 is 5.32 Å². The molecular weight excluding hydrogens is 388 g/mol. The number of carbonyl (C=O) groups excluding carboxylic acids is 1. The van der Waals surface area contributed by atoms with Crippen molar-refractivity contribution in [2.75, 3.05) is 5.32 Å². The Morgan fingerprint density at radius 2 is 1.76 bits per heavy atom. The van der Waals surface area contributed by atoms with Crippen LogP contribution >= 0.6 is 11.6 Å². The summed E-state index contributed by atoms with van der Waals surface area (Å²) in [5.41, 5.74) is 1.22. The van der Waals surface area contributed by atoms with E-state index in [1.54, 1.807) is 31.2 Å². The monoisotopic (exact) mass is 404 g/mol. The van der Waals surface area contributed by atoms with E-state index in [2.05, 4.69) is 15.4 Å². The van der Waals surface area contributed by atoms with Gasteiger partial charge in [-0.25, -0.2) is 9.48 Å². The number of carbonyl (C=O) groups is 1. The minimum Gasteiger partial charge on any atom is -0.324 e. The second kappa shape index (κ2) is 7.85. The fourth-order valence-corrected chi connectivity index (χ4v) is 3.18. The summed E-state index contributed by atoms with van der Waals surface area (Å²) >= 11 is 5.89. The summed E-state index contributed by atoms with van der Waals surface area (Å²) in [6.07, 6.45) is 1.46. The van der Waals surface area contributed by atoms with Crippen molar-refractivity contribution in [2.24, 2.45) is 0 Å². The van der Waals surface area contributed by atoms with Crippen molar-refractivity contribution < 1.29 is 4.79 Å². The highest BCUT2D eigenvalue weighted by atomic mass is 35.5. The Labute approximate surface area is 171 Å². The van der Waals surface area contributed by atoms with Gasteiger partial charge in [0.1, 0.15) is 6.04 Å². The lowest BCUT2D eigenvalue weighted by Gasteiger charge is -2.15. The molecule has 0 aliphatic rings. The normalized spacial score (nSPS) is 11.9. The second-order valence-electron chi connectivity index (χ2n) is 6.57. The van der Waals surface area contributed by atoms with Gasteiger partial charge >= 0.3 is 5.69 Å². The number of fused-ring (bicyclic) bond motifs is 1. The molecule has 1 N–H and O–H groups in total. The maximum atomic E-state index is 12.7. The van der Waals surface area contributed by atoms with Crippen LogP contribution in [0.15, 0.2) is 77.7 Å². The first-order valence-corrected chi connectivity index (χ1v) is 9.41. The molecule has 1 amide bonds. The molecule has 0 aliphatic heterocycles. The Morgan fingerprint density at radius 3 is 2.52 bits per heavy atom. The predicted molar refractivity (Wildman–Crippen MR) is 114 cm³/mol. The third-order valence-corrected chi connectivity index (χ3v) is 4.90. The van der Waals surface area contributed by atoms with Crippen LogP contribution in [0.2, 0.25) is 5.02 Å². The molecule has 0 saturated heterocycles. The first-order valence-electron chi connectivity index (χ1n) is 9.03.